The van der Waals surface area contributed by atoms with E-state index in [1.807, 2.05) is 42.5 Å². The van der Waals surface area contributed by atoms with Gasteiger partial charge in [0.15, 0.2) is 5.13 Å². The maximum atomic E-state index is 11.7. The third kappa shape index (κ3) is 5.12. The van der Waals surface area contributed by atoms with E-state index in [0.717, 1.165) is 53.1 Å². The molecular formula is C22H23N3O3S2. The predicted octanol–water partition coefficient (Wildman–Crippen LogP) is 4.49. The molecule has 2 heterocycles. The number of nitrogens with zero attached hydrogens (tertiary/aromatic N) is 2. The molecule has 6 nitrogen and oxygen atoms in total. The highest BCUT2D eigenvalue weighted by Crippen LogP contribution is 2.28. The van der Waals surface area contributed by atoms with E-state index >= 15 is 0 Å². The van der Waals surface area contributed by atoms with Crippen LogP contribution in [0, 0.1) is 0 Å². The molecule has 1 fully saturated rings. The standard InChI is InChI=1S/C22H23N3O3S2/c1-25(21-23-17-6-2-3-7-18(17)29-21)12-4-5-13-28-16-10-8-15(9-11-16)14-19-20(26)24-22(27)30-19/h2-3,6-11,19H,4-5,12-14H2,1H3,(H,24,26,27). The summed E-state index contributed by atoms with van der Waals surface area (Å²) in [4.78, 5) is 29.8. The van der Waals surface area contributed by atoms with Crippen molar-refractivity contribution in [3.05, 3.63) is 54.1 Å². The fourth-order valence-corrected chi connectivity index (χ4v) is 5.04. The lowest BCUT2D eigenvalue weighted by Gasteiger charge is -2.15. The molecule has 0 radical (unpaired) electrons. The van der Waals surface area contributed by atoms with Crippen LogP contribution in [-0.2, 0) is 11.2 Å². The quantitative estimate of drug-likeness (QED) is 0.494. The first-order valence-corrected chi connectivity index (χ1v) is 11.6. The molecule has 0 spiro atoms. The number of thiazole rings is 1. The molecule has 2 aromatic carbocycles. The number of rotatable bonds is 9. The van der Waals surface area contributed by atoms with Crippen molar-refractivity contribution < 1.29 is 14.3 Å². The van der Waals surface area contributed by atoms with E-state index < -0.39 is 0 Å². The Kier molecular flexibility index (Phi) is 6.54. The van der Waals surface area contributed by atoms with Gasteiger partial charge in [-0.3, -0.25) is 14.9 Å². The molecule has 1 atom stereocenters. The van der Waals surface area contributed by atoms with Crippen molar-refractivity contribution in [1.29, 1.82) is 0 Å². The van der Waals surface area contributed by atoms with Crippen molar-refractivity contribution in [2.75, 3.05) is 25.1 Å². The highest BCUT2D eigenvalue weighted by Gasteiger charge is 2.31. The van der Waals surface area contributed by atoms with Crippen LogP contribution in [0.25, 0.3) is 10.2 Å². The fraction of sp³-hybridized carbons (Fsp3) is 0.318. The van der Waals surface area contributed by atoms with Gasteiger partial charge >= 0.3 is 0 Å². The van der Waals surface area contributed by atoms with Crippen molar-refractivity contribution >= 4 is 49.6 Å². The average molecular weight is 442 g/mol. The monoisotopic (exact) mass is 441 g/mol. The fourth-order valence-electron chi connectivity index (χ4n) is 3.22. The summed E-state index contributed by atoms with van der Waals surface area (Å²) in [5, 5.41) is 2.76. The number of thioether (sulfide) groups is 1. The molecule has 0 saturated carbocycles. The number of hydrogen-bond donors (Lipinski definition) is 1. The molecule has 3 aromatic rings. The summed E-state index contributed by atoms with van der Waals surface area (Å²) in [6, 6.07) is 15.9. The summed E-state index contributed by atoms with van der Waals surface area (Å²) in [6.07, 6.45) is 2.52. The zero-order valence-corrected chi connectivity index (χ0v) is 18.3. The van der Waals surface area contributed by atoms with Crippen molar-refractivity contribution in [3.8, 4) is 5.75 Å². The van der Waals surface area contributed by atoms with Gasteiger partial charge in [-0.25, -0.2) is 4.98 Å². The number of imide groups is 1. The minimum atomic E-state index is -0.336. The van der Waals surface area contributed by atoms with E-state index in [9.17, 15) is 9.59 Å². The average Bonchev–Trinajstić information content (AvgIpc) is 3.31. The number of anilines is 1. The van der Waals surface area contributed by atoms with Crippen LogP contribution in [0.5, 0.6) is 5.75 Å². The van der Waals surface area contributed by atoms with Crippen molar-refractivity contribution in [3.63, 3.8) is 0 Å². The van der Waals surface area contributed by atoms with Crippen LogP contribution in [0.2, 0.25) is 0 Å². The summed E-state index contributed by atoms with van der Waals surface area (Å²) < 4.78 is 7.05. The summed E-state index contributed by atoms with van der Waals surface area (Å²) in [5.74, 6) is 0.610. The highest BCUT2D eigenvalue weighted by molar-refractivity contribution is 8.15. The number of fused-ring (bicyclic) bond motifs is 1. The first-order chi connectivity index (χ1) is 14.6. The molecule has 8 heteroatoms. The largest absolute Gasteiger partial charge is 0.494 e. The predicted molar refractivity (Wildman–Crippen MR) is 123 cm³/mol. The van der Waals surface area contributed by atoms with Gasteiger partial charge < -0.3 is 9.64 Å². The second-order valence-electron chi connectivity index (χ2n) is 7.17. The van der Waals surface area contributed by atoms with E-state index in [-0.39, 0.29) is 16.4 Å². The van der Waals surface area contributed by atoms with E-state index in [1.54, 1.807) is 11.3 Å². The van der Waals surface area contributed by atoms with E-state index in [1.165, 1.54) is 4.70 Å². The Morgan fingerprint density at radius 2 is 1.90 bits per heavy atom. The summed E-state index contributed by atoms with van der Waals surface area (Å²) in [6.45, 7) is 1.59. The van der Waals surface area contributed by atoms with Gasteiger partial charge in [-0.2, -0.15) is 0 Å². The Hall–Kier alpha value is -2.58. The van der Waals surface area contributed by atoms with Crippen LogP contribution in [0.3, 0.4) is 0 Å². The number of ether oxygens (including phenoxy) is 1. The molecule has 1 saturated heterocycles. The molecule has 1 aliphatic heterocycles. The van der Waals surface area contributed by atoms with Crippen LogP contribution in [0.15, 0.2) is 48.5 Å². The SMILES string of the molecule is CN(CCCCOc1ccc(CC2SC(=O)NC2=O)cc1)c1nc2ccccc2s1. The Bertz CT molecular complexity index is 1000. The number of carbonyl (C=O) groups is 2. The maximum Gasteiger partial charge on any atom is 0.286 e. The van der Waals surface area contributed by atoms with Crippen LogP contribution in [0.1, 0.15) is 18.4 Å². The lowest BCUT2D eigenvalue weighted by Crippen LogP contribution is -2.25. The number of benzene rings is 2. The van der Waals surface area contributed by atoms with Gasteiger partial charge in [0.1, 0.15) is 5.75 Å². The Labute approximate surface area is 183 Å². The third-order valence-corrected chi connectivity index (χ3v) is 7.01. The number of aromatic nitrogens is 1. The summed E-state index contributed by atoms with van der Waals surface area (Å²) in [5.41, 5.74) is 2.07. The van der Waals surface area contributed by atoms with Crippen LogP contribution in [0.4, 0.5) is 9.93 Å². The van der Waals surface area contributed by atoms with Crippen molar-refractivity contribution in [2.24, 2.45) is 0 Å². The number of unbranched alkanes of at least 4 members (excludes halogenated alkanes) is 1. The first kappa shape index (κ1) is 20.7. The Morgan fingerprint density at radius 1 is 1.10 bits per heavy atom. The number of amides is 2. The second kappa shape index (κ2) is 9.49. The van der Waals surface area contributed by atoms with Crippen LogP contribution in [-0.4, -0.2) is 41.6 Å². The van der Waals surface area contributed by atoms with Crippen LogP contribution < -0.4 is 15.0 Å². The second-order valence-corrected chi connectivity index (χ2v) is 9.36. The van der Waals surface area contributed by atoms with Gasteiger partial charge in [-0.05, 0) is 49.1 Å². The lowest BCUT2D eigenvalue weighted by atomic mass is 10.1. The van der Waals surface area contributed by atoms with Gasteiger partial charge in [0.25, 0.3) is 5.24 Å². The molecule has 30 heavy (non-hydrogen) atoms. The molecule has 1 unspecified atom stereocenters. The topological polar surface area (TPSA) is 71.5 Å². The molecule has 4 rings (SSSR count). The number of para-hydroxylation sites is 1. The van der Waals surface area contributed by atoms with Gasteiger partial charge in [0.05, 0.1) is 22.1 Å². The number of hydrogen-bond acceptors (Lipinski definition) is 7. The van der Waals surface area contributed by atoms with Crippen molar-refractivity contribution in [2.45, 2.75) is 24.5 Å². The molecule has 1 N–H and O–H groups in total. The Morgan fingerprint density at radius 3 is 2.63 bits per heavy atom. The molecule has 0 aliphatic carbocycles. The minimum Gasteiger partial charge on any atom is -0.494 e. The summed E-state index contributed by atoms with van der Waals surface area (Å²) in [7, 11) is 2.08. The van der Waals surface area contributed by atoms with Crippen molar-refractivity contribution in [1.82, 2.24) is 10.3 Å². The molecular weight excluding hydrogens is 418 g/mol. The van der Waals surface area contributed by atoms with Gasteiger partial charge in [-0.1, -0.05) is 47.4 Å². The van der Waals surface area contributed by atoms with Gasteiger partial charge in [-0.15, -0.1) is 0 Å². The first-order valence-electron chi connectivity index (χ1n) is 9.88. The van der Waals surface area contributed by atoms with Gasteiger partial charge in [0.2, 0.25) is 5.91 Å². The molecule has 1 aliphatic rings. The van der Waals surface area contributed by atoms with Crippen LogP contribution >= 0.6 is 23.1 Å². The lowest BCUT2D eigenvalue weighted by molar-refractivity contribution is -0.118. The van der Waals surface area contributed by atoms with E-state index in [2.05, 4.69) is 28.3 Å². The molecule has 0 bridgehead atoms. The molecule has 156 valence electrons. The van der Waals surface area contributed by atoms with E-state index in [4.69, 9.17) is 4.74 Å². The van der Waals surface area contributed by atoms with E-state index in [0.29, 0.717) is 13.0 Å². The zero-order chi connectivity index (χ0) is 20.9. The highest BCUT2D eigenvalue weighted by atomic mass is 32.2. The maximum absolute atomic E-state index is 11.7. The molecule has 2 amide bonds. The Balaban J connectivity index is 1.17. The number of nitrogens with one attached hydrogen (secondary N) is 1. The normalized spacial score (nSPS) is 16.1. The zero-order valence-electron chi connectivity index (χ0n) is 16.7. The third-order valence-electron chi connectivity index (χ3n) is 4.88. The summed E-state index contributed by atoms with van der Waals surface area (Å²) >= 11 is 2.77. The number of carbonyl (C=O) groups excluding carboxylic acids is 2. The smallest absolute Gasteiger partial charge is 0.286 e. The molecule has 1 aromatic heterocycles. The van der Waals surface area contributed by atoms with Gasteiger partial charge in [0, 0.05) is 13.6 Å². The minimum absolute atomic E-state index is 0.207.